The van der Waals surface area contributed by atoms with Crippen molar-refractivity contribution >= 4 is 12.3 Å². The van der Waals surface area contributed by atoms with Crippen LogP contribution in [0.25, 0.3) is 0 Å². The Morgan fingerprint density at radius 3 is 2.79 bits per heavy atom. The van der Waals surface area contributed by atoms with Crippen molar-refractivity contribution in [2.45, 2.75) is 13.3 Å². The first kappa shape index (κ1) is 10.4. The van der Waals surface area contributed by atoms with Gasteiger partial charge in [-0.2, -0.15) is 0 Å². The molecule has 0 saturated carbocycles. The van der Waals surface area contributed by atoms with Crippen LogP contribution in [0.15, 0.2) is 24.3 Å². The molecule has 3 nitrogen and oxygen atoms in total. The number of ether oxygens (including phenoxy) is 1. The fraction of sp³-hybridized carbons (Fsp3) is 0.273. The van der Waals surface area contributed by atoms with Gasteiger partial charge in [0.2, 0.25) is 0 Å². The molecule has 1 aromatic rings. The van der Waals surface area contributed by atoms with Crippen molar-refractivity contribution in [3.63, 3.8) is 0 Å². The van der Waals surface area contributed by atoms with Crippen LogP contribution in [0, 0.1) is 0 Å². The summed E-state index contributed by atoms with van der Waals surface area (Å²) in [7, 11) is 0. The Kier molecular flexibility index (Phi) is 3.85. The minimum Gasteiger partial charge on any atom is -0.462 e. The van der Waals surface area contributed by atoms with Crippen molar-refractivity contribution in [3.05, 3.63) is 35.4 Å². The first-order valence-corrected chi connectivity index (χ1v) is 4.48. The van der Waals surface area contributed by atoms with Gasteiger partial charge in [-0.05, 0) is 18.6 Å². The number of hydrogen-bond donors (Lipinski definition) is 0. The average molecular weight is 192 g/mol. The third kappa shape index (κ3) is 2.42. The third-order valence-electron chi connectivity index (χ3n) is 1.82. The lowest BCUT2D eigenvalue weighted by Gasteiger charge is -2.05. The molecule has 0 saturated heterocycles. The Bertz CT molecular complexity index is 331. The molecule has 1 aromatic carbocycles. The second-order valence-electron chi connectivity index (χ2n) is 2.75. The molecular weight excluding hydrogens is 180 g/mol. The summed E-state index contributed by atoms with van der Waals surface area (Å²) in [4.78, 5) is 21.8. The summed E-state index contributed by atoms with van der Waals surface area (Å²) < 4.78 is 4.86. The third-order valence-corrected chi connectivity index (χ3v) is 1.82. The van der Waals surface area contributed by atoms with Gasteiger partial charge in [-0.15, -0.1) is 0 Å². The van der Waals surface area contributed by atoms with Crippen molar-refractivity contribution in [2.24, 2.45) is 0 Å². The van der Waals surface area contributed by atoms with Crippen LogP contribution in [0.3, 0.4) is 0 Å². The van der Waals surface area contributed by atoms with E-state index in [0.29, 0.717) is 17.7 Å². The van der Waals surface area contributed by atoms with E-state index >= 15 is 0 Å². The number of aldehydes is 1. The van der Waals surface area contributed by atoms with Gasteiger partial charge in [-0.3, -0.25) is 0 Å². The van der Waals surface area contributed by atoms with Gasteiger partial charge in [0.05, 0.1) is 12.2 Å². The fourth-order valence-corrected chi connectivity index (χ4v) is 1.20. The van der Waals surface area contributed by atoms with Crippen LogP contribution in [-0.2, 0) is 16.0 Å². The standard InChI is InChI=1S/C11H12O3/c1-2-14-11(13)10-6-4-3-5-9(10)7-8-12/h3-6,8H,2,7H2,1H3. The highest BCUT2D eigenvalue weighted by molar-refractivity contribution is 5.91. The van der Waals surface area contributed by atoms with Gasteiger partial charge in [0.15, 0.2) is 0 Å². The van der Waals surface area contributed by atoms with Crippen molar-refractivity contribution < 1.29 is 14.3 Å². The normalized spacial score (nSPS) is 9.50. The van der Waals surface area contributed by atoms with E-state index < -0.39 is 0 Å². The molecule has 0 aliphatic rings. The van der Waals surface area contributed by atoms with Gasteiger partial charge in [0, 0.05) is 6.42 Å². The van der Waals surface area contributed by atoms with Gasteiger partial charge >= 0.3 is 5.97 Å². The van der Waals surface area contributed by atoms with E-state index in [4.69, 9.17) is 4.74 Å². The maximum atomic E-state index is 11.4. The van der Waals surface area contributed by atoms with Crippen LogP contribution < -0.4 is 0 Å². The topological polar surface area (TPSA) is 43.4 Å². The molecule has 0 unspecified atom stereocenters. The van der Waals surface area contributed by atoms with Crippen LogP contribution in [0.5, 0.6) is 0 Å². The summed E-state index contributed by atoms with van der Waals surface area (Å²) in [5, 5.41) is 0. The molecule has 0 radical (unpaired) electrons. The Balaban J connectivity index is 2.93. The van der Waals surface area contributed by atoms with Crippen LogP contribution in [0.1, 0.15) is 22.8 Å². The largest absolute Gasteiger partial charge is 0.462 e. The van der Waals surface area contributed by atoms with Crippen molar-refractivity contribution in [2.75, 3.05) is 6.61 Å². The minimum atomic E-state index is -0.370. The SMILES string of the molecule is CCOC(=O)c1ccccc1CC=O. The van der Waals surface area contributed by atoms with Gasteiger partial charge in [0.25, 0.3) is 0 Å². The van der Waals surface area contributed by atoms with Gasteiger partial charge < -0.3 is 9.53 Å². The van der Waals surface area contributed by atoms with E-state index in [9.17, 15) is 9.59 Å². The van der Waals surface area contributed by atoms with E-state index in [1.807, 2.05) is 0 Å². The molecule has 0 fully saturated rings. The molecule has 0 aliphatic heterocycles. The lowest BCUT2D eigenvalue weighted by Crippen LogP contribution is -2.08. The quantitative estimate of drug-likeness (QED) is 0.537. The van der Waals surface area contributed by atoms with Crippen LogP contribution in [0.2, 0.25) is 0 Å². The smallest absolute Gasteiger partial charge is 0.338 e. The molecule has 3 heteroatoms. The number of hydrogen-bond acceptors (Lipinski definition) is 3. The summed E-state index contributed by atoms with van der Waals surface area (Å²) in [5.74, 6) is -0.370. The van der Waals surface area contributed by atoms with Gasteiger partial charge in [0.1, 0.15) is 6.29 Å². The molecule has 74 valence electrons. The monoisotopic (exact) mass is 192 g/mol. The molecule has 1 rings (SSSR count). The Morgan fingerprint density at radius 2 is 2.14 bits per heavy atom. The zero-order valence-corrected chi connectivity index (χ0v) is 8.03. The Morgan fingerprint density at radius 1 is 1.43 bits per heavy atom. The second-order valence-corrected chi connectivity index (χ2v) is 2.75. The summed E-state index contributed by atoms with van der Waals surface area (Å²) in [6.45, 7) is 2.09. The summed E-state index contributed by atoms with van der Waals surface area (Å²) >= 11 is 0. The van der Waals surface area contributed by atoms with Crippen LogP contribution >= 0.6 is 0 Å². The summed E-state index contributed by atoms with van der Waals surface area (Å²) in [6, 6.07) is 6.96. The highest BCUT2D eigenvalue weighted by Crippen LogP contribution is 2.10. The zero-order valence-electron chi connectivity index (χ0n) is 8.03. The Hall–Kier alpha value is -1.64. The molecule has 14 heavy (non-hydrogen) atoms. The van der Waals surface area contributed by atoms with E-state index in [0.717, 1.165) is 6.29 Å². The van der Waals surface area contributed by atoms with E-state index in [2.05, 4.69) is 0 Å². The maximum absolute atomic E-state index is 11.4. The van der Waals surface area contributed by atoms with Gasteiger partial charge in [-0.1, -0.05) is 18.2 Å². The number of esters is 1. The average Bonchev–Trinajstić information content (AvgIpc) is 2.19. The van der Waals surface area contributed by atoms with Gasteiger partial charge in [-0.25, -0.2) is 4.79 Å². The second kappa shape index (κ2) is 5.17. The van der Waals surface area contributed by atoms with Crippen LogP contribution in [-0.4, -0.2) is 18.9 Å². The molecule has 0 aliphatic carbocycles. The number of carbonyl (C=O) groups is 2. The molecule has 0 heterocycles. The highest BCUT2D eigenvalue weighted by atomic mass is 16.5. The van der Waals surface area contributed by atoms with E-state index in [1.165, 1.54) is 0 Å². The fourth-order valence-electron chi connectivity index (χ4n) is 1.20. The zero-order chi connectivity index (χ0) is 10.4. The molecule has 0 spiro atoms. The molecule has 0 aromatic heterocycles. The molecule has 0 amide bonds. The lowest BCUT2D eigenvalue weighted by molar-refractivity contribution is -0.107. The number of benzene rings is 1. The predicted octanol–water partition coefficient (Wildman–Crippen LogP) is 1.60. The van der Waals surface area contributed by atoms with Crippen molar-refractivity contribution in [1.82, 2.24) is 0 Å². The molecular formula is C11H12O3. The first-order valence-electron chi connectivity index (χ1n) is 4.48. The van der Waals surface area contributed by atoms with E-state index in [-0.39, 0.29) is 12.4 Å². The molecule has 0 N–H and O–H groups in total. The molecule has 0 bridgehead atoms. The number of rotatable bonds is 4. The number of carbonyl (C=O) groups excluding carboxylic acids is 2. The summed E-state index contributed by atoms with van der Waals surface area (Å²) in [6.07, 6.45) is 1.02. The summed E-state index contributed by atoms with van der Waals surface area (Å²) in [5.41, 5.74) is 1.18. The Labute approximate surface area is 82.7 Å². The first-order chi connectivity index (χ1) is 6.79. The predicted molar refractivity (Wildman–Crippen MR) is 52.2 cm³/mol. The van der Waals surface area contributed by atoms with Crippen LogP contribution in [0.4, 0.5) is 0 Å². The highest BCUT2D eigenvalue weighted by Gasteiger charge is 2.10. The maximum Gasteiger partial charge on any atom is 0.338 e. The van der Waals surface area contributed by atoms with Crippen molar-refractivity contribution in [1.29, 1.82) is 0 Å². The molecule has 0 atom stereocenters. The minimum absolute atomic E-state index is 0.245. The lowest BCUT2D eigenvalue weighted by atomic mass is 10.1. The van der Waals surface area contributed by atoms with Crippen molar-refractivity contribution in [3.8, 4) is 0 Å². The van der Waals surface area contributed by atoms with E-state index in [1.54, 1.807) is 31.2 Å².